The van der Waals surface area contributed by atoms with E-state index in [1.54, 1.807) is 12.1 Å². The van der Waals surface area contributed by atoms with Crippen molar-refractivity contribution < 1.29 is 18.0 Å². The van der Waals surface area contributed by atoms with Crippen molar-refractivity contribution in [3.8, 4) is 0 Å². The number of hydrogen-bond donors (Lipinski definition) is 1. The van der Waals surface area contributed by atoms with Gasteiger partial charge in [0.1, 0.15) is 0 Å². The number of anilines is 1. The molecule has 1 atom stereocenters. The Kier molecular flexibility index (Phi) is 6.18. The number of carbonyl (C=O) groups is 2. The molecule has 1 saturated heterocycles. The van der Waals surface area contributed by atoms with Gasteiger partial charge in [0.25, 0.3) is 0 Å². The minimum Gasteiger partial charge on any atom is -0.329 e. The lowest BCUT2D eigenvalue weighted by Gasteiger charge is -2.29. The van der Waals surface area contributed by atoms with Crippen LogP contribution in [0.4, 0.5) is 5.69 Å². The number of para-hydroxylation sites is 1. The molecule has 0 aromatic heterocycles. The van der Waals surface area contributed by atoms with Crippen LogP contribution in [-0.4, -0.2) is 74.8 Å². The summed E-state index contributed by atoms with van der Waals surface area (Å²) in [6.07, 6.45) is 0.374. The number of aryl methyl sites for hydroxylation is 1. The van der Waals surface area contributed by atoms with Crippen LogP contribution in [-0.2, 0) is 19.4 Å². The highest BCUT2D eigenvalue weighted by atomic mass is 32.2. The van der Waals surface area contributed by atoms with Crippen molar-refractivity contribution in [3.63, 3.8) is 0 Å². The third kappa shape index (κ3) is 5.27. The van der Waals surface area contributed by atoms with Crippen molar-refractivity contribution in [2.45, 2.75) is 19.4 Å². The molecule has 2 amide bonds. The second-order valence-corrected chi connectivity index (χ2v) is 8.86. The molecule has 7 nitrogen and oxygen atoms in total. The second-order valence-electron chi connectivity index (χ2n) is 6.63. The summed E-state index contributed by atoms with van der Waals surface area (Å²) in [4.78, 5) is 28.4. The molecule has 1 aromatic carbocycles. The monoisotopic (exact) mass is 367 g/mol. The van der Waals surface area contributed by atoms with Gasteiger partial charge in [0.05, 0.1) is 11.5 Å². The van der Waals surface area contributed by atoms with E-state index in [0.717, 1.165) is 5.56 Å². The van der Waals surface area contributed by atoms with Crippen LogP contribution >= 0.6 is 0 Å². The van der Waals surface area contributed by atoms with Crippen molar-refractivity contribution in [2.75, 3.05) is 44.0 Å². The van der Waals surface area contributed by atoms with Gasteiger partial charge in [0.15, 0.2) is 9.84 Å². The van der Waals surface area contributed by atoms with Crippen LogP contribution in [0.15, 0.2) is 24.3 Å². The molecule has 1 aliphatic heterocycles. The molecule has 0 bridgehead atoms. The Morgan fingerprint density at radius 3 is 2.44 bits per heavy atom. The molecular weight excluding hydrogens is 342 g/mol. The molecule has 2 rings (SSSR count). The lowest BCUT2D eigenvalue weighted by molar-refractivity contribution is -0.144. The molecule has 1 unspecified atom stereocenters. The van der Waals surface area contributed by atoms with E-state index in [9.17, 15) is 18.0 Å². The normalized spacial score (nSPS) is 19.0. The fourth-order valence-corrected chi connectivity index (χ4v) is 4.53. The van der Waals surface area contributed by atoms with Gasteiger partial charge >= 0.3 is 11.8 Å². The largest absolute Gasteiger partial charge is 0.329 e. The van der Waals surface area contributed by atoms with Gasteiger partial charge in [0, 0.05) is 24.8 Å². The average Bonchev–Trinajstić information content (AvgIpc) is 2.89. The predicted octanol–water partition coefficient (Wildman–Crippen LogP) is 0.511. The van der Waals surface area contributed by atoms with Crippen LogP contribution in [0.5, 0.6) is 0 Å². The van der Waals surface area contributed by atoms with Crippen molar-refractivity contribution in [1.82, 2.24) is 9.80 Å². The summed E-state index contributed by atoms with van der Waals surface area (Å²) in [5.74, 6) is -1.45. The zero-order valence-corrected chi connectivity index (χ0v) is 15.7. The van der Waals surface area contributed by atoms with E-state index in [2.05, 4.69) is 5.32 Å². The van der Waals surface area contributed by atoms with Gasteiger partial charge in [-0.15, -0.1) is 0 Å². The van der Waals surface area contributed by atoms with Crippen molar-refractivity contribution in [1.29, 1.82) is 0 Å². The Balaban J connectivity index is 2.13. The van der Waals surface area contributed by atoms with Crippen molar-refractivity contribution >= 4 is 27.3 Å². The van der Waals surface area contributed by atoms with Crippen LogP contribution < -0.4 is 5.32 Å². The third-order valence-electron chi connectivity index (χ3n) is 4.29. The van der Waals surface area contributed by atoms with Gasteiger partial charge in [-0.2, -0.15) is 0 Å². The quantitative estimate of drug-likeness (QED) is 0.767. The Bertz CT molecular complexity index is 746. The first kappa shape index (κ1) is 19.4. The minimum atomic E-state index is -3.14. The standard InChI is InChI=1S/C17H25N3O4S/c1-13-6-4-5-7-15(13)18-16(21)17(22)20(10-9-19(2)3)14-8-11-25(23,24)12-14/h4-7,14H,8-12H2,1-3H3,(H,18,21). The van der Waals surface area contributed by atoms with Gasteiger partial charge < -0.3 is 15.1 Å². The number of likely N-dealkylation sites (N-methyl/N-ethyl adjacent to an activating group) is 1. The van der Waals surface area contributed by atoms with Gasteiger partial charge in [-0.25, -0.2) is 8.42 Å². The summed E-state index contributed by atoms with van der Waals surface area (Å²) in [6.45, 7) is 2.71. The number of nitrogens with zero attached hydrogens (tertiary/aromatic N) is 2. The molecule has 8 heteroatoms. The first-order valence-corrected chi connectivity index (χ1v) is 10.0. The Labute approximate surface area is 148 Å². The van der Waals surface area contributed by atoms with E-state index < -0.39 is 27.7 Å². The van der Waals surface area contributed by atoms with E-state index >= 15 is 0 Å². The molecule has 1 N–H and O–H groups in total. The molecular formula is C17H25N3O4S. The van der Waals surface area contributed by atoms with Crippen molar-refractivity contribution in [3.05, 3.63) is 29.8 Å². The highest BCUT2D eigenvalue weighted by molar-refractivity contribution is 7.91. The summed E-state index contributed by atoms with van der Waals surface area (Å²) in [6, 6.07) is 6.75. The third-order valence-corrected chi connectivity index (χ3v) is 6.04. The zero-order chi connectivity index (χ0) is 18.6. The average molecular weight is 367 g/mol. The number of nitrogens with one attached hydrogen (secondary N) is 1. The number of sulfone groups is 1. The van der Waals surface area contributed by atoms with E-state index in [0.29, 0.717) is 25.2 Å². The first-order valence-electron chi connectivity index (χ1n) is 8.22. The highest BCUT2D eigenvalue weighted by Crippen LogP contribution is 2.19. The van der Waals surface area contributed by atoms with Crippen LogP contribution in [0, 0.1) is 6.92 Å². The molecule has 0 radical (unpaired) electrons. The number of hydrogen-bond acceptors (Lipinski definition) is 5. The van der Waals surface area contributed by atoms with Gasteiger partial charge in [-0.05, 0) is 39.1 Å². The maximum atomic E-state index is 12.7. The topological polar surface area (TPSA) is 86.8 Å². The van der Waals surface area contributed by atoms with Gasteiger partial charge in [-0.1, -0.05) is 18.2 Å². The van der Waals surface area contributed by atoms with E-state index in [4.69, 9.17) is 0 Å². The fraction of sp³-hybridized carbons (Fsp3) is 0.529. The predicted molar refractivity (Wildman–Crippen MR) is 97.1 cm³/mol. The summed E-state index contributed by atoms with van der Waals surface area (Å²) in [5, 5.41) is 2.63. The van der Waals surface area contributed by atoms with Crippen LogP contribution in [0.3, 0.4) is 0 Å². The molecule has 138 valence electrons. The first-order chi connectivity index (χ1) is 11.7. The zero-order valence-electron chi connectivity index (χ0n) is 14.9. The molecule has 1 heterocycles. The highest BCUT2D eigenvalue weighted by Gasteiger charge is 2.36. The molecule has 0 spiro atoms. The number of amides is 2. The minimum absolute atomic E-state index is 0.0584. The molecule has 1 aliphatic rings. The smallest absolute Gasteiger partial charge is 0.313 e. The lowest BCUT2D eigenvalue weighted by Crippen LogP contribution is -2.49. The summed E-state index contributed by atoms with van der Waals surface area (Å²) in [7, 11) is 0.582. The summed E-state index contributed by atoms with van der Waals surface area (Å²) in [5.41, 5.74) is 1.43. The second kappa shape index (κ2) is 7.97. The van der Waals surface area contributed by atoms with Crippen LogP contribution in [0.25, 0.3) is 0 Å². The van der Waals surface area contributed by atoms with Crippen LogP contribution in [0.1, 0.15) is 12.0 Å². The SMILES string of the molecule is Cc1ccccc1NC(=O)C(=O)N(CCN(C)C)C1CCS(=O)(=O)C1. The Hall–Kier alpha value is -1.93. The maximum absolute atomic E-state index is 12.7. The van der Waals surface area contributed by atoms with E-state index in [-0.39, 0.29) is 11.5 Å². The molecule has 25 heavy (non-hydrogen) atoms. The Morgan fingerprint density at radius 2 is 1.88 bits per heavy atom. The van der Waals surface area contributed by atoms with E-state index in [1.165, 1.54) is 4.90 Å². The maximum Gasteiger partial charge on any atom is 0.313 e. The number of rotatable bonds is 5. The molecule has 0 saturated carbocycles. The van der Waals surface area contributed by atoms with Crippen LogP contribution in [0.2, 0.25) is 0 Å². The number of carbonyl (C=O) groups excluding carboxylic acids is 2. The lowest BCUT2D eigenvalue weighted by atomic mass is 10.2. The van der Waals surface area contributed by atoms with E-state index in [1.807, 2.05) is 38.1 Å². The Morgan fingerprint density at radius 1 is 1.20 bits per heavy atom. The van der Waals surface area contributed by atoms with Gasteiger partial charge in [0.2, 0.25) is 0 Å². The van der Waals surface area contributed by atoms with Crippen molar-refractivity contribution in [2.24, 2.45) is 0 Å². The summed E-state index contributed by atoms with van der Waals surface area (Å²) < 4.78 is 23.5. The molecule has 1 fully saturated rings. The van der Waals surface area contributed by atoms with Gasteiger partial charge in [-0.3, -0.25) is 9.59 Å². The fourth-order valence-electron chi connectivity index (χ4n) is 2.80. The molecule has 1 aromatic rings. The molecule has 0 aliphatic carbocycles. The number of benzene rings is 1. The summed E-state index contributed by atoms with van der Waals surface area (Å²) >= 11 is 0.